The monoisotopic (exact) mass is 512 g/mol. The van der Waals surface area contributed by atoms with Crippen molar-refractivity contribution in [3.05, 3.63) is 84.7 Å². The zero-order chi connectivity index (χ0) is 29.5. The van der Waals surface area contributed by atoms with Crippen LogP contribution in [0.4, 0.5) is 15.9 Å². The quantitative estimate of drug-likeness (QED) is 0.291. The van der Waals surface area contributed by atoms with Crippen molar-refractivity contribution >= 4 is 28.4 Å². The van der Waals surface area contributed by atoms with E-state index in [0.29, 0.717) is 33.6 Å². The highest BCUT2D eigenvalue weighted by Crippen LogP contribution is 2.42. The van der Waals surface area contributed by atoms with E-state index in [1.165, 1.54) is 24.7 Å². The second kappa shape index (κ2) is 9.74. The van der Waals surface area contributed by atoms with Crippen molar-refractivity contribution in [3.8, 4) is 34.1 Å². The minimum absolute atomic E-state index is 0.0205. The molecule has 0 fully saturated rings. The molecule has 0 spiro atoms. The predicted octanol–water partition coefficient (Wildman–Crippen LogP) is 5.43. The first-order valence-corrected chi connectivity index (χ1v) is 11.4. The Labute approximate surface area is 222 Å². The Morgan fingerprint density at radius 1 is 1.13 bits per heavy atom. The van der Waals surface area contributed by atoms with Gasteiger partial charge in [0.05, 0.1) is 11.1 Å². The van der Waals surface area contributed by atoms with Crippen LogP contribution in [0, 0.1) is 12.7 Å². The molecule has 0 radical (unpaired) electrons. The van der Waals surface area contributed by atoms with Gasteiger partial charge in [0.2, 0.25) is 0 Å². The van der Waals surface area contributed by atoms with Gasteiger partial charge >= 0.3 is 6.01 Å². The number of hydrogen-bond donors (Lipinski definition) is 2. The van der Waals surface area contributed by atoms with Gasteiger partial charge in [-0.2, -0.15) is 0 Å². The summed E-state index contributed by atoms with van der Waals surface area (Å²) in [5, 5.41) is 2.96. The maximum Gasteiger partial charge on any atom is 0.322 e. The number of nitrogens with two attached hydrogens (primary N) is 1. The number of ether oxygens (including phenoxy) is 1. The van der Waals surface area contributed by atoms with Gasteiger partial charge in [-0.1, -0.05) is 24.8 Å². The van der Waals surface area contributed by atoms with Crippen molar-refractivity contribution in [1.82, 2.24) is 24.5 Å². The normalized spacial score (nSPS) is 12.4. The van der Waals surface area contributed by atoms with Crippen molar-refractivity contribution in [2.75, 3.05) is 11.1 Å². The molecule has 0 bridgehead atoms. The number of anilines is 2. The summed E-state index contributed by atoms with van der Waals surface area (Å²) in [5.41, 5.74) is 9.04. The molecule has 0 aliphatic rings. The Morgan fingerprint density at radius 3 is 2.58 bits per heavy atom. The van der Waals surface area contributed by atoms with Crippen LogP contribution in [0.5, 0.6) is 11.8 Å². The minimum atomic E-state index is -2.69. The summed E-state index contributed by atoms with van der Waals surface area (Å²) in [6.07, 6.45) is 2.67. The zero-order valence-electron chi connectivity index (χ0n) is 23.5. The van der Waals surface area contributed by atoms with Crippen LogP contribution in [0.1, 0.15) is 16.7 Å². The van der Waals surface area contributed by atoms with Gasteiger partial charge in [0, 0.05) is 39.8 Å². The lowest BCUT2D eigenvalue weighted by molar-refractivity contribution is -0.112. The summed E-state index contributed by atoms with van der Waals surface area (Å²) in [4.78, 5) is 28.5. The van der Waals surface area contributed by atoms with Gasteiger partial charge in [-0.3, -0.25) is 4.79 Å². The van der Waals surface area contributed by atoms with E-state index in [-0.39, 0.29) is 40.2 Å². The fourth-order valence-corrected chi connectivity index (χ4v) is 3.95. The molecule has 190 valence electrons. The highest BCUT2D eigenvalue weighted by Gasteiger charge is 2.23. The lowest BCUT2D eigenvalue weighted by Crippen LogP contribution is -2.11. The molecular formula is C28H24FN7O2. The van der Waals surface area contributed by atoms with Gasteiger partial charge in [-0.25, -0.2) is 24.3 Å². The Morgan fingerprint density at radius 2 is 1.89 bits per heavy atom. The lowest BCUT2D eigenvalue weighted by atomic mass is 9.98. The minimum Gasteiger partial charge on any atom is -0.421 e. The Bertz CT molecular complexity index is 1820. The van der Waals surface area contributed by atoms with E-state index in [2.05, 4.69) is 31.8 Å². The summed E-state index contributed by atoms with van der Waals surface area (Å²) < 4.78 is 47.0. The SMILES string of the molecule is [2H]C([2H])([2H])n1c(-c2ccc(NC(=O)C(=C)C)cc2)c(-c2ccc(Oc3nccc(C)n3)c(F)c2)c2c(N)ncnc21. The first kappa shape index (κ1) is 21.0. The average molecular weight is 513 g/mol. The summed E-state index contributed by atoms with van der Waals surface area (Å²) in [6.45, 7) is 4.27. The first-order valence-electron chi connectivity index (χ1n) is 12.9. The van der Waals surface area contributed by atoms with Crippen LogP contribution in [0.3, 0.4) is 0 Å². The standard InChI is InChI=1S/C28H24FN7O2/c1-15(2)27(37)35-19-8-5-17(6-9-19)24-22(23-25(30)32-14-33-26(23)36(24)4)18-7-10-21(20(29)13-18)38-28-31-12-11-16(3)34-28/h5-14H,1H2,2-4H3,(H,35,37)(H2,30,32,33)/i4D3. The number of benzene rings is 2. The highest BCUT2D eigenvalue weighted by molar-refractivity contribution is 6.08. The van der Waals surface area contributed by atoms with Crippen molar-refractivity contribution in [3.63, 3.8) is 0 Å². The number of carbonyl (C=O) groups excluding carboxylic acids is 1. The molecule has 0 saturated heterocycles. The van der Waals surface area contributed by atoms with Crippen molar-refractivity contribution in [2.45, 2.75) is 13.8 Å². The molecule has 9 nitrogen and oxygen atoms in total. The van der Waals surface area contributed by atoms with E-state index in [1.807, 2.05) is 0 Å². The Balaban J connectivity index is 1.70. The second-order valence-corrected chi connectivity index (χ2v) is 8.56. The Kier molecular flexibility index (Phi) is 5.38. The fraction of sp³-hybridized carbons (Fsp3) is 0.107. The van der Waals surface area contributed by atoms with Crippen LogP contribution >= 0.6 is 0 Å². The maximum absolute atomic E-state index is 15.4. The number of nitrogens with one attached hydrogen (secondary N) is 1. The summed E-state index contributed by atoms with van der Waals surface area (Å²) in [5.74, 6) is -1.19. The van der Waals surface area contributed by atoms with Gasteiger partial charge < -0.3 is 20.4 Å². The number of amides is 1. The number of rotatable bonds is 6. The van der Waals surface area contributed by atoms with E-state index >= 15 is 4.39 Å². The number of aromatic nitrogens is 5. The molecule has 10 heteroatoms. The van der Waals surface area contributed by atoms with Gasteiger partial charge in [0.1, 0.15) is 17.8 Å². The molecule has 38 heavy (non-hydrogen) atoms. The average Bonchev–Trinajstić information content (AvgIpc) is 3.27. The molecule has 0 unspecified atom stereocenters. The number of nitrogen functional groups attached to an aromatic ring is 1. The molecular weight excluding hydrogens is 485 g/mol. The summed E-state index contributed by atoms with van der Waals surface area (Å²) in [7, 11) is 0. The van der Waals surface area contributed by atoms with Gasteiger partial charge in [-0.05, 0) is 55.3 Å². The van der Waals surface area contributed by atoms with Crippen molar-refractivity contribution < 1.29 is 18.0 Å². The number of hydrogen-bond acceptors (Lipinski definition) is 7. The van der Waals surface area contributed by atoms with Gasteiger partial charge in [-0.15, -0.1) is 0 Å². The molecule has 0 saturated carbocycles. The smallest absolute Gasteiger partial charge is 0.322 e. The summed E-state index contributed by atoms with van der Waals surface area (Å²) in [6, 6.07) is 12.4. The second-order valence-electron chi connectivity index (χ2n) is 8.56. The third-order valence-corrected chi connectivity index (χ3v) is 5.78. The third-order valence-electron chi connectivity index (χ3n) is 5.78. The molecule has 1 amide bonds. The van der Waals surface area contributed by atoms with Gasteiger partial charge in [0.25, 0.3) is 5.91 Å². The topological polar surface area (TPSA) is 121 Å². The van der Waals surface area contributed by atoms with E-state index in [0.717, 1.165) is 4.57 Å². The maximum atomic E-state index is 15.4. The van der Waals surface area contributed by atoms with Crippen molar-refractivity contribution in [1.29, 1.82) is 0 Å². The molecule has 5 aromatic rings. The zero-order valence-corrected chi connectivity index (χ0v) is 20.5. The van der Waals surface area contributed by atoms with E-state index in [9.17, 15) is 4.79 Å². The molecule has 0 atom stereocenters. The van der Waals surface area contributed by atoms with Crippen LogP contribution in [-0.2, 0) is 11.8 Å². The first-order chi connectivity index (χ1) is 19.4. The van der Waals surface area contributed by atoms with Gasteiger partial charge in [0.15, 0.2) is 11.6 Å². The van der Waals surface area contributed by atoms with E-state index < -0.39 is 12.8 Å². The number of nitrogens with zero attached hydrogens (tertiary/aromatic N) is 5. The van der Waals surface area contributed by atoms with Crippen LogP contribution < -0.4 is 15.8 Å². The Hall–Kier alpha value is -5.12. The molecule has 5 rings (SSSR count). The molecule has 2 aromatic carbocycles. The van der Waals surface area contributed by atoms with E-state index in [1.54, 1.807) is 50.2 Å². The summed E-state index contributed by atoms with van der Waals surface area (Å²) >= 11 is 0. The molecule has 0 aliphatic carbocycles. The molecule has 3 heterocycles. The van der Waals surface area contributed by atoms with Crippen molar-refractivity contribution in [2.24, 2.45) is 6.98 Å². The van der Waals surface area contributed by atoms with Crippen LogP contribution in [0.25, 0.3) is 33.4 Å². The highest BCUT2D eigenvalue weighted by atomic mass is 19.1. The third kappa shape index (κ3) is 4.55. The van der Waals surface area contributed by atoms with Crippen LogP contribution in [0.2, 0.25) is 0 Å². The fourth-order valence-electron chi connectivity index (χ4n) is 3.95. The number of fused-ring (bicyclic) bond motifs is 1. The predicted molar refractivity (Wildman–Crippen MR) is 144 cm³/mol. The van der Waals surface area contributed by atoms with E-state index in [4.69, 9.17) is 14.6 Å². The van der Waals surface area contributed by atoms with Crippen LogP contribution in [0.15, 0.2) is 73.2 Å². The van der Waals surface area contributed by atoms with Crippen LogP contribution in [-0.4, -0.2) is 30.4 Å². The lowest BCUT2D eigenvalue weighted by Gasteiger charge is -2.12. The number of carbonyl (C=O) groups is 1. The molecule has 3 N–H and O–H groups in total. The number of halogens is 1. The molecule has 3 aromatic heterocycles. The molecule has 0 aliphatic heterocycles. The largest absolute Gasteiger partial charge is 0.421 e. The number of aryl methyl sites for hydroxylation is 2.